The van der Waals surface area contributed by atoms with E-state index in [1.54, 1.807) is 24.0 Å². The molecule has 2 rings (SSSR count). The van der Waals surface area contributed by atoms with Crippen LogP contribution in [0.4, 0.5) is 5.13 Å². The second-order valence-electron chi connectivity index (χ2n) is 5.12. The molecule has 0 aliphatic rings. The Labute approximate surface area is 110 Å². The first-order chi connectivity index (χ1) is 8.36. The average Bonchev–Trinajstić information content (AvgIpc) is 2.85. The first kappa shape index (κ1) is 12.8. The van der Waals surface area contributed by atoms with Gasteiger partial charge in [-0.3, -0.25) is 14.8 Å². The molecule has 96 valence electrons. The highest BCUT2D eigenvalue weighted by Crippen LogP contribution is 2.26. The van der Waals surface area contributed by atoms with Gasteiger partial charge in [-0.2, -0.15) is 5.10 Å². The van der Waals surface area contributed by atoms with Crippen molar-refractivity contribution in [2.45, 2.75) is 26.2 Å². The van der Waals surface area contributed by atoms with Gasteiger partial charge in [0.1, 0.15) is 0 Å². The predicted molar refractivity (Wildman–Crippen MR) is 72.0 cm³/mol. The third kappa shape index (κ3) is 2.76. The Hall–Kier alpha value is -1.69. The molecule has 2 aromatic heterocycles. The Morgan fingerprint density at radius 1 is 1.44 bits per heavy atom. The lowest BCUT2D eigenvalue weighted by Gasteiger charge is -2.14. The summed E-state index contributed by atoms with van der Waals surface area (Å²) in [6.45, 7) is 6.27. The fourth-order valence-electron chi connectivity index (χ4n) is 1.37. The molecule has 0 aliphatic heterocycles. The van der Waals surface area contributed by atoms with E-state index in [0.29, 0.717) is 10.8 Å². The Morgan fingerprint density at radius 2 is 2.17 bits per heavy atom. The van der Waals surface area contributed by atoms with Gasteiger partial charge in [-0.25, -0.2) is 4.98 Å². The van der Waals surface area contributed by atoms with Crippen LogP contribution >= 0.6 is 11.3 Å². The molecule has 0 saturated carbocycles. The maximum absolute atomic E-state index is 11.9. The van der Waals surface area contributed by atoms with Gasteiger partial charge in [0.05, 0.1) is 5.69 Å². The molecular formula is C12H16N4OS. The van der Waals surface area contributed by atoms with Gasteiger partial charge >= 0.3 is 0 Å². The maximum Gasteiger partial charge on any atom is 0.277 e. The molecule has 1 amide bonds. The van der Waals surface area contributed by atoms with E-state index in [2.05, 4.69) is 36.2 Å². The fourth-order valence-corrected chi connectivity index (χ4v) is 2.31. The molecule has 2 aromatic rings. The summed E-state index contributed by atoms with van der Waals surface area (Å²) in [6, 6.07) is 1.67. The van der Waals surface area contributed by atoms with Crippen LogP contribution in [-0.4, -0.2) is 20.7 Å². The van der Waals surface area contributed by atoms with Crippen LogP contribution in [0.1, 0.15) is 37.0 Å². The van der Waals surface area contributed by atoms with Gasteiger partial charge in [0.25, 0.3) is 5.91 Å². The molecule has 0 atom stereocenters. The fraction of sp³-hybridized carbons (Fsp3) is 0.417. The molecule has 0 spiro atoms. The molecule has 0 saturated heterocycles. The highest BCUT2D eigenvalue weighted by Gasteiger charge is 2.18. The number of carbonyl (C=O) groups is 1. The third-order valence-electron chi connectivity index (χ3n) is 2.44. The largest absolute Gasteiger partial charge is 0.296 e. The van der Waals surface area contributed by atoms with Crippen molar-refractivity contribution in [3.63, 3.8) is 0 Å². The van der Waals surface area contributed by atoms with E-state index in [9.17, 15) is 4.79 Å². The van der Waals surface area contributed by atoms with E-state index in [4.69, 9.17) is 0 Å². The first-order valence-corrected chi connectivity index (χ1v) is 6.51. The summed E-state index contributed by atoms with van der Waals surface area (Å²) < 4.78 is 1.59. The van der Waals surface area contributed by atoms with Crippen LogP contribution in [0.3, 0.4) is 0 Å². The lowest BCUT2D eigenvalue weighted by molar-refractivity contribution is 0.102. The average molecular weight is 264 g/mol. The Morgan fingerprint density at radius 3 is 2.67 bits per heavy atom. The van der Waals surface area contributed by atoms with Gasteiger partial charge in [0, 0.05) is 24.0 Å². The SMILES string of the molecule is Cn1ccc(C(=O)Nc2nc(C(C)(C)C)cs2)n1. The van der Waals surface area contributed by atoms with Crippen LogP contribution in [0.25, 0.3) is 0 Å². The molecule has 5 nitrogen and oxygen atoms in total. The van der Waals surface area contributed by atoms with Gasteiger partial charge in [0.15, 0.2) is 10.8 Å². The predicted octanol–water partition coefficient (Wildman–Crippen LogP) is 2.43. The van der Waals surface area contributed by atoms with Gasteiger partial charge < -0.3 is 0 Å². The summed E-state index contributed by atoms with van der Waals surface area (Å²) >= 11 is 1.43. The molecule has 6 heteroatoms. The molecule has 0 bridgehead atoms. The molecule has 0 aromatic carbocycles. The number of hydrogen-bond acceptors (Lipinski definition) is 4. The van der Waals surface area contributed by atoms with E-state index >= 15 is 0 Å². The second-order valence-corrected chi connectivity index (χ2v) is 5.97. The minimum absolute atomic E-state index is 0.00945. The molecule has 0 unspecified atom stereocenters. The van der Waals surface area contributed by atoms with E-state index in [-0.39, 0.29) is 11.3 Å². The third-order valence-corrected chi connectivity index (χ3v) is 3.20. The molecule has 2 heterocycles. The number of anilines is 1. The minimum Gasteiger partial charge on any atom is -0.296 e. The summed E-state index contributed by atoms with van der Waals surface area (Å²) in [5.41, 5.74) is 1.36. The number of nitrogens with one attached hydrogen (secondary N) is 1. The van der Waals surface area contributed by atoms with Crippen molar-refractivity contribution in [3.05, 3.63) is 29.0 Å². The van der Waals surface area contributed by atoms with Crippen LogP contribution in [0.15, 0.2) is 17.6 Å². The van der Waals surface area contributed by atoms with Gasteiger partial charge in [0.2, 0.25) is 0 Å². The second kappa shape index (κ2) is 4.53. The van der Waals surface area contributed by atoms with Crippen LogP contribution in [0, 0.1) is 0 Å². The summed E-state index contributed by atoms with van der Waals surface area (Å²) in [6.07, 6.45) is 1.73. The monoisotopic (exact) mass is 264 g/mol. The van der Waals surface area contributed by atoms with Crippen molar-refractivity contribution in [1.82, 2.24) is 14.8 Å². The number of thiazole rings is 1. The Kier molecular flexibility index (Phi) is 3.21. The zero-order valence-electron chi connectivity index (χ0n) is 10.9. The van der Waals surface area contributed by atoms with Crippen LogP contribution in [-0.2, 0) is 12.5 Å². The minimum atomic E-state index is -0.231. The molecular weight excluding hydrogens is 248 g/mol. The van der Waals surface area contributed by atoms with E-state index in [1.807, 2.05) is 5.38 Å². The van der Waals surface area contributed by atoms with Crippen molar-refractivity contribution in [2.75, 3.05) is 5.32 Å². The van der Waals surface area contributed by atoms with Crippen molar-refractivity contribution >= 4 is 22.4 Å². The van der Waals surface area contributed by atoms with E-state index in [1.165, 1.54) is 11.3 Å². The highest BCUT2D eigenvalue weighted by atomic mass is 32.1. The maximum atomic E-state index is 11.9. The van der Waals surface area contributed by atoms with Crippen LogP contribution in [0.2, 0.25) is 0 Å². The zero-order valence-corrected chi connectivity index (χ0v) is 11.7. The van der Waals surface area contributed by atoms with Crippen molar-refractivity contribution in [1.29, 1.82) is 0 Å². The van der Waals surface area contributed by atoms with Gasteiger partial charge in [-0.15, -0.1) is 11.3 Å². The van der Waals surface area contributed by atoms with Gasteiger partial charge in [-0.05, 0) is 6.07 Å². The Balaban J connectivity index is 2.10. The molecule has 0 aliphatic carbocycles. The number of rotatable bonds is 2. The van der Waals surface area contributed by atoms with E-state index < -0.39 is 0 Å². The molecule has 0 fully saturated rings. The topological polar surface area (TPSA) is 59.8 Å². The highest BCUT2D eigenvalue weighted by molar-refractivity contribution is 7.14. The smallest absolute Gasteiger partial charge is 0.277 e. The Bertz CT molecular complexity index is 565. The molecule has 0 radical (unpaired) electrons. The van der Waals surface area contributed by atoms with Crippen molar-refractivity contribution < 1.29 is 4.79 Å². The summed E-state index contributed by atoms with van der Waals surface area (Å²) in [4.78, 5) is 16.3. The normalized spacial score (nSPS) is 11.6. The number of nitrogens with zero attached hydrogens (tertiary/aromatic N) is 3. The first-order valence-electron chi connectivity index (χ1n) is 5.63. The number of amides is 1. The van der Waals surface area contributed by atoms with Crippen molar-refractivity contribution in [3.8, 4) is 0 Å². The zero-order chi connectivity index (χ0) is 13.3. The number of carbonyl (C=O) groups excluding carboxylic acids is 1. The standard InChI is InChI=1S/C12H16N4OS/c1-12(2,3)9-7-18-11(13-9)14-10(17)8-5-6-16(4)15-8/h5-7H,1-4H3,(H,13,14,17). The summed E-state index contributed by atoms with van der Waals surface area (Å²) in [7, 11) is 1.78. The lowest BCUT2D eigenvalue weighted by Crippen LogP contribution is -2.14. The van der Waals surface area contributed by atoms with Crippen LogP contribution in [0.5, 0.6) is 0 Å². The van der Waals surface area contributed by atoms with Crippen LogP contribution < -0.4 is 5.32 Å². The summed E-state index contributed by atoms with van der Waals surface area (Å²) in [5.74, 6) is -0.231. The quantitative estimate of drug-likeness (QED) is 0.906. The lowest BCUT2D eigenvalue weighted by atomic mass is 9.93. The number of aryl methyl sites for hydroxylation is 1. The summed E-state index contributed by atoms with van der Waals surface area (Å²) in [5, 5.41) is 9.37. The number of aromatic nitrogens is 3. The van der Waals surface area contributed by atoms with E-state index in [0.717, 1.165) is 5.69 Å². The number of hydrogen-bond donors (Lipinski definition) is 1. The van der Waals surface area contributed by atoms with Crippen molar-refractivity contribution in [2.24, 2.45) is 7.05 Å². The van der Waals surface area contributed by atoms with Gasteiger partial charge in [-0.1, -0.05) is 20.8 Å². The molecule has 18 heavy (non-hydrogen) atoms. The molecule has 1 N–H and O–H groups in total.